The summed E-state index contributed by atoms with van der Waals surface area (Å²) in [5, 5.41) is 13.9. The molecule has 9 rings (SSSR count). The fourth-order valence-corrected chi connectivity index (χ4v) is 10.9. The number of nitrogens with zero attached hydrogens (tertiary/aromatic N) is 1. The summed E-state index contributed by atoms with van der Waals surface area (Å²) in [5.41, 5.74) is 2.20. The second kappa shape index (κ2) is 32.2. The molecule has 0 bridgehead atoms. The Bertz CT molecular complexity index is 3330. The fraction of sp³-hybridized carbons (Fsp3) is 0.324. The molecular formula is C71H74N2O16. The lowest BCUT2D eigenvalue weighted by molar-refractivity contribution is -0.298. The number of methoxy groups -OCH3 is 2. The number of esters is 4. The van der Waals surface area contributed by atoms with Crippen molar-refractivity contribution in [1.29, 1.82) is 0 Å². The first-order valence-corrected chi connectivity index (χ1v) is 29.9. The summed E-state index contributed by atoms with van der Waals surface area (Å²) in [7, 11) is 3.23. The lowest BCUT2D eigenvalue weighted by Gasteiger charge is -2.44. The molecule has 7 aromatic carbocycles. The van der Waals surface area contributed by atoms with E-state index in [0.717, 1.165) is 16.7 Å². The Morgan fingerprint density at radius 2 is 0.978 bits per heavy atom. The number of benzene rings is 7. The SMILES string of the molecule is COc1ccc(C(OC[C@@H]2C[C@@H](O)CN2C(=O)CCCCCNC(=O)CCCCO[C@@H]2OC(COC(=O)c3ccccc3)[C@H](OC(=O)c3ccccc3)[C@H](OC(=O)c3ccccc3)C2OC(=O)c2ccccc2)(c2ccccc2)c2ccc(OC)cc2)cc1. The Morgan fingerprint density at radius 3 is 1.49 bits per heavy atom. The van der Waals surface area contributed by atoms with E-state index in [0.29, 0.717) is 56.6 Å². The molecule has 2 heterocycles. The number of likely N-dealkylation sites (tertiary alicyclic amines) is 1. The van der Waals surface area contributed by atoms with Gasteiger partial charge in [0.25, 0.3) is 0 Å². The smallest absolute Gasteiger partial charge is 0.338 e. The molecule has 7 aromatic rings. The molecular weight excluding hydrogens is 1140 g/mol. The maximum Gasteiger partial charge on any atom is 0.338 e. The highest BCUT2D eigenvalue weighted by molar-refractivity contribution is 5.92. The average Bonchev–Trinajstić information content (AvgIpc) is 1.12. The Hall–Kier alpha value is -9.20. The molecule has 2 aliphatic heterocycles. The average molecular weight is 1210 g/mol. The highest BCUT2D eigenvalue weighted by Gasteiger charge is 2.54. The van der Waals surface area contributed by atoms with Gasteiger partial charge in [-0.15, -0.1) is 0 Å². The minimum Gasteiger partial charge on any atom is -0.497 e. The number of hydrogen-bond acceptors (Lipinski definition) is 16. The molecule has 464 valence electrons. The largest absolute Gasteiger partial charge is 0.497 e. The standard InChI is InChI=1S/C71H74N2O16/c1-81-58-39-35-54(36-40-58)71(53-31-17-7-18-32-53,55-37-41-59(82-2)42-38-55)85-47-56-45-57(74)46-73(56)62(76)34-19-8-21-43-72-61(75)33-20-22-44-83-70-65(89-69(80)52-29-15-6-16-30-52)64(88-68(79)51-27-13-5-14-28-51)63(87-67(78)50-25-11-4-12-26-50)60(86-70)48-84-66(77)49-23-9-3-10-24-49/h3-7,9-18,23-32,35-42,56-57,60,63-65,70,74H,8,19-22,33-34,43-48H2,1-2H3,(H,72,75)/t56-,57+,60?,63-,64-,65?,70+/m0/s1. The zero-order valence-corrected chi connectivity index (χ0v) is 49.8. The number of unbranched alkanes of at least 4 members (excludes halogenated alkanes) is 3. The Labute approximate surface area is 517 Å². The predicted molar refractivity (Wildman–Crippen MR) is 328 cm³/mol. The summed E-state index contributed by atoms with van der Waals surface area (Å²) >= 11 is 0. The molecule has 0 aromatic heterocycles. The minimum absolute atomic E-state index is 0.0318. The molecule has 2 saturated heterocycles. The summed E-state index contributed by atoms with van der Waals surface area (Å²) in [6.07, 6.45) is -4.86. The van der Waals surface area contributed by atoms with Crippen molar-refractivity contribution < 1.29 is 76.5 Å². The van der Waals surface area contributed by atoms with Crippen molar-refractivity contribution in [3.05, 3.63) is 239 Å². The molecule has 2 fully saturated rings. The molecule has 0 spiro atoms. The minimum atomic E-state index is -1.58. The third-order valence-electron chi connectivity index (χ3n) is 15.6. The van der Waals surface area contributed by atoms with Crippen LogP contribution in [0.15, 0.2) is 200 Å². The van der Waals surface area contributed by atoms with Crippen LogP contribution < -0.4 is 14.8 Å². The van der Waals surface area contributed by atoms with Crippen LogP contribution >= 0.6 is 0 Å². The van der Waals surface area contributed by atoms with Gasteiger partial charge < -0.3 is 58.0 Å². The molecule has 18 heteroatoms. The molecule has 7 atom stereocenters. The van der Waals surface area contributed by atoms with E-state index < -0.39 is 78.9 Å². The Balaban J connectivity index is 0.799. The van der Waals surface area contributed by atoms with Crippen LogP contribution in [0.4, 0.5) is 0 Å². The molecule has 89 heavy (non-hydrogen) atoms. The number of rotatable bonds is 29. The number of amides is 2. The number of ether oxygens (including phenoxy) is 9. The predicted octanol–water partition coefficient (Wildman–Crippen LogP) is 10.1. The molecule has 0 radical (unpaired) electrons. The van der Waals surface area contributed by atoms with Crippen molar-refractivity contribution in [3.63, 3.8) is 0 Å². The van der Waals surface area contributed by atoms with Crippen LogP contribution in [0.2, 0.25) is 0 Å². The normalized spacial score (nSPS) is 18.9. The van der Waals surface area contributed by atoms with Gasteiger partial charge in [0.15, 0.2) is 24.6 Å². The Kier molecular flexibility index (Phi) is 23.2. The highest BCUT2D eigenvalue weighted by atomic mass is 16.7. The molecule has 2 N–H and O–H groups in total. The lowest BCUT2D eigenvalue weighted by Crippen LogP contribution is -2.63. The summed E-state index contributed by atoms with van der Waals surface area (Å²) in [4.78, 5) is 84.0. The second-order valence-electron chi connectivity index (χ2n) is 21.6. The topological polar surface area (TPSA) is 221 Å². The van der Waals surface area contributed by atoms with Crippen molar-refractivity contribution in [2.45, 2.75) is 99.8 Å². The molecule has 18 nitrogen and oxygen atoms in total. The van der Waals surface area contributed by atoms with Crippen molar-refractivity contribution >= 4 is 35.7 Å². The van der Waals surface area contributed by atoms with E-state index in [1.54, 1.807) is 116 Å². The Morgan fingerprint density at radius 1 is 0.517 bits per heavy atom. The van der Waals surface area contributed by atoms with E-state index in [1.165, 1.54) is 24.3 Å². The van der Waals surface area contributed by atoms with Crippen LogP contribution in [0, 0.1) is 0 Å². The van der Waals surface area contributed by atoms with Crippen LogP contribution in [0.5, 0.6) is 11.5 Å². The van der Waals surface area contributed by atoms with Gasteiger partial charge in [0, 0.05) is 32.5 Å². The van der Waals surface area contributed by atoms with Gasteiger partial charge in [0.2, 0.25) is 11.8 Å². The third-order valence-corrected chi connectivity index (χ3v) is 15.6. The van der Waals surface area contributed by atoms with Crippen molar-refractivity contribution in [2.24, 2.45) is 0 Å². The first-order chi connectivity index (χ1) is 43.4. The van der Waals surface area contributed by atoms with Crippen LogP contribution in [0.25, 0.3) is 0 Å². The van der Waals surface area contributed by atoms with Gasteiger partial charge in [-0.25, -0.2) is 19.2 Å². The van der Waals surface area contributed by atoms with Gasteiger partial charge in [-0.3, -0.25) is 9.59 Å². The second-order valence-corrected chi connectivity index (χ2v) is 21.6. The molecule has 2 amide bonds. The first-order valence-electron chi connectivity index (χ1n) is 29.9. The van der Waals surface area contributed by atoms with Gasteiger partial charge >= 0.3 is 23.9 Å². The third kappa shape index (κ3) is 17.1. The summed E-state index contributed by atoms with van der Waals surface area (Å²) in [5.74, 6) is -2.08. The number of β-amino-alcohol motifs (C(OH)–C–C–N with tert-alkyl or cyclic N) is 1. The lowest BCUT2D eigenvalue weighted by atomic mass is 9.80. The van der Waals surface area contributed by atoms with Crippen molar-refractivity contribution in [3.8, 4) is 11.5 Å². The number of carbonyl (C=O) groups is 6. The number of nitrogens with one attached hydrogen (secondary N) is 1. The molecule has 0 saturated carbocycles. The zero-order valence-electron chi connectivity index (χ0n) is 49.8. The number of hydrogen-bond donors (Lipinski definition) is 2. The summed E-state index contributed by atoms with van der Waals surface area (Å²) < 4.78 is 55.0. The van der Waals surface area contributed by atoms with Gasteiger partial charge in [0.1, 0.15) is 29.8 Å². The highest BCUT2D eigenvalue weighted by Crippen LogP contribution is 2.43. The zero-order chi connectivity index (χ0) is 62.4. The fourth-order valence-electron chi connectivity index (χ4n) is 10.9. The summed E-state index contributed by atoms with van der Waals surface area (Å²) in [6, 6.07) is 57.5. The molecule has 2 aliphatic rings. The van der Waals surface area contributed by atoms with Crippen LogP contribution in [-0.4, -0.2) is 136 Å². The maximum absolute atomic E-state index is 14.0. The maximum atomic E-state index is 14.0. The molecule has 2 unspecified atom stereocenters. The van der Waals surface area contributed by atoms with Gasteiger partial charge in [-0.05, 0) is 122 Å². The number of aliphatic hydroxyl groups excluding tert-OH is 1. The van der Waals surface area contributed by atoms with Gasteiger partial charge in [-0.2, -0.15) is 0 Å². The van der Waals surface area contributed by atoms with Crippen molar-refractivity contribution in [2.75, 3.05) is 47.1 Å². The van der Waals surface area contributed by atoms with Gasteiger partial charge in [0.05, 0.1) is 55.2 Å². The van der Waals surface area contributed by atoms with E-state index in [1.807, 2.05) is 78.9 Å². The quantitative estimate of drug-likeness (QED) is 0.0193. The van der Waals surface area contributed by atoms with E-state index >= 15 is 0 Å². The van der Waals surface area contributed by atoms with Crippen LogP contribution in [0.1, 0.15) is 109 Å². The van der Waals surface area contributed by atoms with E-state index in [9.17, 15) is 33.9 Å². The van der Waals surface area contributed by atoms with Crippen LogP contribution in [0.3, 0.4) is 0 Å². The van der Waals surface area contributed by atoms with Crippen molar-refractivity contribution in [1.82, 2.24) is 10.2 Å². The monoisotopic (exact) mass is 1210 g/mol. The van der Waals surface area contributed by atoms with E-state index in [-0.39, 0.29) is 66.7 Å². The number of aliphatic hydroxyl groups is 1. The van der Waals surface area contributed by atoms with Gasteiger partial charge in [-0.1, -0.05) is 134 Å². The molecule has 0 aliphatic carbocycles. The number of carbonyl (C=O) groups excluding carboxylic acids is 6. The first kappa shape index (κ1) is 64.3. The van der Waals surface area contributed by atoms with Crippen LogP contribution in [-0.2, 0) is 48.3 Å². The van der Waals surface area contributed by atoms with E-state index in [2.05, 4.69) is 5.32 Å². The summed E-state index contributed by atoms with van der Waals surface area (Å²) in [6.45, 7) is 0.181. The van der Waals surface area contributed by atoms with E-state index in [4.69, 9.17) is 42.6 Å².